The minimum absolute atomic E-state index is 0.0633. The first-order valence-electron chi connectivity index (χ1n) is 7.63. The minimum atomic E-state index is 0.0633. The first kappa shape index (κ1) is 17.3. The molecule has 0 saturated heterocycles. The van der Waals surface area contributed by atoms with E-state index in [1.54, 1.807) is 7.11 Å². The summed E-state index contributed by atoms with van der Waals surface area (Å²) in [4.78, 5) is 0. The highest BCUT2D eigenvalue weighted by Crippen LogP contribution is 2.31. The lowest BCUT2D eigenvalue weighted by atomic mass is 9.87. The Morgan fingerprint density at radius 2 is 1.65 bits per heavy atom. The maximum Gasteiger partial charge on any atom is 0.175 e. The van der Waals surface area contributed by atoms with E-state index in [4.69, 9.17) is 17.0 Å². The van der Waals surface area contributed by atoms with Gasteiger partial charge in [-0.05, 0) is 53.9 Å². The molecule has 122 valence electrons. The molecule has 23 heavy (non-hydrogen) atoms. The molecule has 4 heteroatoms. The predicted octanol–water partition coefficient (Wildman–Crippen LogP) is 5.11. The first-order valence-corrected chi connectivity index (χ1v) is 8.04. The average Bonchev–Trinajstić information content (AvgIpc) is 2.48. The number of rotatable bonds is 3. The second-order valence-corrected chi connectivity index (χ2v) is 6.97. The van der Waals surface area contributed by atoms with Gasteiger partial charge in [-0.25, -0.2) is 0 Å². The molecule has 0 aromatic heterocycles. The van der Waals surface area contributed by atoms with Crippen LogP contribution in [0.3, 0.4) is 0 Å². The molecule has 2 aromatic rings. The summed E-state index contributed by atoms with van der Waals surface area (Å²) in [5.74, 6) is 0.770. The third-order valence-electron chi connectivity index (χ3n) is 3.71. The maximum atomic E-state index is 5.44. The number of methoxy groups -OCH3 is 1. The van der Waals surface area contributed by atoms with Crippen LogP contribution in [-0.2, 0) is 5.41 Å². The first-order chi connectivity index (χ1) is 10.8. The second-order valence-electron chi connectivity index (χ2n) is 6.56. The van der Waals surface area contributed by atoms with Gasteiger partial charge in [0.05, 0.1) is 12.8 Å². The van der Waals surface area contributed by atoms with Crippen LogP contribution in [0.25, 0.3) is 0 Å². The van der Waals surface area contributed by atoms with Crippen molar-refractivity contribution in [2.24, 2.45) is 0 Å². The standard InChI is InChI=1S/C19H24N2OS/c1-13-8-6-7-9-15(13)20-18(23)21-16-12-14(19(2,3)4)10-11-17(16)22-5/h6-12H,1-5H3,(H2,20,21,23). The molecular formula is C19H24N2OS. The number of hydrogen-bond acceptors (Lipinski definition) is 2. The fraction of sp³-hybridized carbons (Fsp3) is 0.316. The van der Waals surface area contributed by atoms with Crippen LogP contribution < -0.4 is 15.4 Å². The number of ether oxygens (including phenoxy) is 1. The molecule has 0 atom stereocenters. The summed E-state index contributed by atoms with van der Waals surface area (Å²) in [7, 11) is 1.66. The molecule has 0 fully saturated rings. The van der Waals surface area contributed by atoms with Crippen molar-refractivity contribution in [2.75, 3.05) is 17.7 Å². The molecule has 0 aliphatic heterocycles. The third kappa shape index (κ3) is 4.45. The second kappa shape index (κ2) is 7.01. The Morgan fingerprint density at radius 3 is 2.26 bits per heavy atom. The van der Waals surface area contributed by atoms with E-state index in [1.807, 2.05) is 37.3 Å². The molecular weight excluding hydrogens is 304 g/mol. The number of nitrogens with one attached hydrogen (secondary N) is 2. The van der Waals surface area contributed by atoms with Gasteiger partial charge in [0.2, 0.25) is 0 Å². The van der Waals surface area contributed by atoms with Crippen molar-refractivity contribution in [3.63, 3.8) is 0 Å². The summed E-state index contributed by atoms with van der Waals surface area (Å²) in [5, 5.41) is 7.02. The summed E-state index contributed by atoms with van der Waals surface area (Å²) >= 11 is 5.44. The topological polar surface area (TPSA) is 33.3 Å². The number of anilines is 2. The summed E-state index contributed by atoms with van der Waals surface area (Å²) in [6.45, 7) is 8.60. The van der Waals surface area contributed by atoms with E-state index >= 15 is 0 Å². The quantitative estimate of drug-likeness (QED) is 0.767. The van der Waals surface area contributed by atoms with Crippen LogP contribution in [0.2, 0.25) is 0 Å². The Bertz CT molecular complexity index is 705. The lowest BCUT2D eigenvalue weighted by Gasteiger charge is -2.22. The van der Waals surface area contributed by atoms with Gasteiger partial charge in [-0.1, -0.05) is 45.0 Å². The van der Waals surface area contributed by atoms with Crippen molar-refractivity contribution in [1.82, 2.24) is 0 Å². The fourth-order valence-electron chi connectivity index (χ4n) is 2.26. The van der Waals surface area contributed by atoms with Gasteiger partial charge in [0, 0.05) is 5.69 Å². The Hall–Kier alpha value is -2.07. The Morgan fingerprint density at radius 1 is 1.00 bits per heavy atom. The minimum Gasteiger partial charge on any atom is -0.495 e. The van der Waals surface area contributed by atoms with E-state index in [-0.39, 0.29) is 5.41 Å². The van der Waals surface area contributed by atoms with E-state index in [0.29, 0.717) is 5.11 Å². The third-order valence-corrected chi connectivity index (χ3v) is 3.91. The lowest BCUT2D eigenvalue weighted by molar-refractivity contribution is 0.416. The van der Waals surface area contributed by atoms with Crippen molar-refractivity contribution in [2.45, 2.75) is 33.1 Å². The Balaban J connectivity index is 2.21. The molecule has 0 aliphatic carbocycles. The van der Waals surface area contributed by atoms with E-state index in [9.17, 15) is 0 Å². The highest BCUT2D eigenvalue weighted by molar-refractivity contribution is 7.80. The molecule has 0 saturated carbocycles. The largest absolute Gasteiger partial charge is 0.495 e. The van der Waals surface area contributed by atoms with E-state index in [1.165, 1.54) is 5.56 Å². The molecule has 3 nitrogen and oxygen atoms in total. The fourth-order valence-corrected chi connectivity index (χ4v) is 2.48. The van der Waals surface area contributed by atoms with Crippen molar-refractivity contribution < 1.29 is 4.74 Å². The Kier molecular flexibility index (Phi) is 5.26. The van der Waals surface area contributed by atoms with Gasteiger partial charge in [0.1, 0.15) is 5.75 Å². The molecule has 0 aliphatic rings. The zero-order valence-corrected chi connectivity index (χ0v) is 15.2. The smallest absolute Gasteiger partial charge is 0.175 e. The van der Waals surface area contributed by atoms with Crippen molar-refractivity contribution >= 4 is 28.7 Å². The molecule has 0 unspecified atom stereocenters. The molecule has 0 heterocycles. The van der Waals surface area contributed by atoms with Gasteiger partial charge < -0.3 is 15.4 Å². The van der Waals surface area contributed by atoms with Crippen LogP contribution in [0, 0.1) is 6.92 Å². The van der Waals surface area contributed by atoms with Crippen LogP contribution >= 0.6 is 12.2 Å². The van der Waals surface area contributed by atoms with Gasteiger partial charge in [-0.3, -0.25) is 0 Å². The SMILES string of the molecule is COc1ccc(C(C)(C)C)cc1NC(=S)Nc1ccccc1C. The number of benzene rings is 2. The normalized spacial score (nSPS) is 11.0. The van der Waals surface area contributed by atoms with Gasteiger partial charge in [0.25, 0.3) is 0 Å². The van der Waals surface area contributed by atoms with E-state index in [0.717, 1.165) is 22.7 Å². The molecule has 2 rings (SSSR count). The highest BCUT2D eigenvalue weighted by Gasteiger charge is 2.16. The highest BCUT2D eigenvalue weighted by atomic mass is 32.1. The molecule has 0 spiro atoms. The molecule has 0 radical (unpaired) electrons. The number of thiocarbonyl (C=S) groups is 1. The summed E-state index contributed by atoms with van der Waals surface area (Å²) in [6.07, 6.45) is 0. The molecule has 2 aromatic carbocycles. The van der Waals surface area contributed by atoms with Crippen LogP contribution in [-0.4, -0.2) is 12.2 Å². The lowest BCUT2D eigenvalue weighted by Crippen LogP contribution is -2.20. The molecule has 0 bridgehead atoms. The zero-order chi connectivity index (χ0) is 17.0. The van der Waals surface area contributed by atoms with Gasteiger partial charge >= 0.3 is 0 Å². The summed E-state index contributed by atoms with van der Waals surface area (Å²) in [6, 6.07) is 14.2. The molecule has 0 amide bonds. The van der Waals surface area contributed by atoms with Crippen LogP contribution in [0.4, 0.5) is 11.4 Å². The van der Waals surface area contributed by atoms with E-state index in [2.05, 4.69) is 43.5 Å². The molecule has 2 N–H and O–H groups in total. The number of aryl methyl sites for hydroxylation is 1. The van der Waals surface area contributed by atoms with E-state index < -0.39 is 0 Å². The van der Waals surface area contributed by atoms with Gasteiger partial charge in [0.15, 0.2) is 5.11 Å². The summed E-state index contributed by atoms with van der Waals surface area (Å²) < 4.78 is 5.44. The Labute approximate surface area is 144 Å². The van der Waals surface area contributed by atoms with Crippen LogP contribution in [0.1, 0.15) is 31.9 Å². The van der Waals surface area contributed by atoms with Crippen LogP contribution in [0.15, 0.2) is 42.5 Å². The predicted molar refractivity (Wildman–Crippen MR) is 103 cm³/mol. The maximum absolute atomic E-state index is 5.44. The van der Waals surface area contributed by atoms with Gasteiger partial charge in [-0.2, -0.15) is 0 Å². The number of hydrogen-bond donors (Lipinski definition) is 2. The van der Waals surface area contributed by atoms with Crippen molar-refractivity contribution in [3.05, 3.63) is 53.6 Å². The number of para-hydroxylation sites is 1. The van der Waals surface area contributed by atoms with Crippen molar-refractivity contribution in [3.8, 4) is 5.75 Å². The average molecular weight is 328 g/mol. The summed E-state index contributed by atoms with van der Waals surface area (Å²) in [5.41, 5.74) is 4.29. The monoisotopic (exact) mass is 328 g/mol. The van der Waals surface area contributed by atoms with Crippen molar-refractivity contribution in [1.29, 1.82) is 0 Å². The van der Waals surface area contributed by atoms with Crippen LogP contribution in [0.5, 0.6) is 5.75 Å². The zero-order valence-electron chi connectivity index (χ0n) is 14.4. The van der Waals surface area contributed by atoms with Gasteiger partial charge in [-0.15, -0.1) is 0 Å².